The summed E-state index contributed by atoms with van der Waals surface area (Å²) in [6.45, 7) is 5.38. The monoisotopic (exact) mass is 492 g/mol. The predicted molar refractivity (Wildman–Crippen MR) is 146 cm³/mol. The number of nitrogens with zero attached hydrogens (tertiary/aromatic N) is 3. The molecule has 0 atom stereocenters. The van der Waals surface area contributed by atoms with Gasteiger partial charge in [-0.2, -0.15) is 0 Å². The quantitative estimate of drug-likeness (QED) is 0.258. The molecule has 1 amide bonds. The highest BCUT2D eigenvalue weighted by molar-refractivity contribution is 7.98. The molecule has 0 saturated carbocycles. The number of carbonyl (C=O) groups is 1. The lowest BCUT2D eigenvalue weighted by molar-refractivity contribution is 0.0951. The molecule has 0 aliphatic rings. The summed E-state index contributed by atoms with van der Waals surface area (Å²) < 4.78 is 2.18. The number of imidazole rings is 1. The van der Waals surface area contributed by atoms with Crippen molar-refractivity contribution >= 4 is 28.8 Å². The molecule has 0 radical (unpaired) electrons. The molecular weight excluding hydrogens is 464 g/mol. The van der Waals surface area contributed by atoms with Crippen LogP contribution in [0.1, 0.15) is 38.2 Å². The maximum atomic E-state index is 12.6. The van der Waals surface area contributed by atoms with E-state index in [9.17, 15) is 4.79 Å². The van der Waals surface area contributed by atoms with Crippen LogP contribution in [0.15, 0.2) is 96.3 Å². The Bertz CT molecular complexity index is 1490. The van der Waals surface area contributed by atoms with Crippen molar-refractivity contribution in [1.82, 2.24) is 19.9 Å². The summed E-state index contributed by atoms with van der Waals surface area (Å²) in [5.74, 6) is 0.684. The number of nitrogens with one attached hydrogen (secondary N) is 1. The van der Waals surface area contributed by atoms with Crippen molar-refractivity contribution in [3.63, 3.8) is 0 Å². The number of fused-ring (bicyclic) bond motifs is 1. The Morgan fingerprint density at radius 1 is 0.861 bits per heavy atom. The van der Waals surface area contributed by atoms with Gasteiger partial charge in [-0.05, 0) is 54.8 Å². The van der Waals surface area contributed by atoms with E-state index in [0.29, 0.717) is 12.1 Å². The van der Waals surface area contributed by atoms with Crippen LogP contribution in [0.2, 0.25) is 0 Å². The number of hydrogen-bond acceptors (Lipinski definition) is 4. The molecule has 0 spiro atoms. The number of benzene rings is 3. The number of carbonyl (C=O) groups excluding carboxylic acids is 1. The fraction of sp³-hybridized carbons (Fsp3) is 0.167. The summed E-state index contributed by atoms with van der Waals surface area (Å²) in [6.07, 6.45) is 1.81. The SMILES string of the molecule is Cc1ccc(Cn2c(SCc3ccc(C(=O)NCc4cccc(C)c4)cc3)nc3cccnc32)cc1. The number of hydrogen-bond donors (Lipinski definition) is 1. The summed E-state index contributed by atoms with van der Waals surface area (Å²) in [4.78, 5) is 22.0. The number of amides is 1. The maximum Gasteiger partial charge on any atom is 0.251 e. The van der Waals surface area contributed by atoms with Gasteiger partial charge >= 0.3 is 0 Å². The van der Waals surface area contributed by atoms with Crippen LogP contribution in [-0.2, 0) is 18.8 Å². The van der Waals surface area contributed by atoms with Gasteiger partial charge in [0, 0.05) is 24.1 Å². The van der Waals surface area contributed by atoms with Gasteiger partial charge in [-0.25, -0.2) is 9.97 Å². The Hall–Kier alpha value is -3.90. The minimum Gasteiger partial charge on any atom is -0.348 e. The molecule has 0 aliphatic carbocycles. The first kappa shape index (κ1) is 23.8. The lowest BCUT2D eigenvalue weighted by Crippen LogP contribution is -2.22. The normalized spacial score (nSPS) is 11.1. The van der Waals surface area contributed by atoms with Crippen LogP contribution in [0, 0.1) is 13.8 Å². The summed E-state index contributed by atoms with van der Waals surface area (Å²) >= 11 is 1.68. The Morgan fingerprint density at radius 2 is 1.64 bits per heavy atom. The fourth-order valence-electron chi connectivity index (χ4n) is 4.07. The lowest BCUT2D eigenvalue weighted by atomic mass is 10.1. The molecule has 0 fully saturated rings. The zero-order valence-electron chi connectivity index (χ0n) is 20.4. The van der Waals surface area contributed by atoms with Crippen LogP contribution in [-0.4, -0.2) is 20.4 Å². The highest BCUT2D eigenvalue weighted by Crippen LogP contribution is 2.27. The first-order valence-electron chi connectivity index (χ1n) is 12.0. The molecule has 2 heterocycles. The van der Waals surface area contributed by atoms with Crippen LogP contribution < -0.4 is 5.32 Å². The third-order valence-electron chi connectivity index (χ3n) is 6.05. The molecule has 0 bridgehead atoms. The van der Waals surface area contributed by atoms with Crippen molar-refractivity contribution in [2.75, 3.05) is 0 Å². The van der Waals surface area contributed by atoms with Crippen LogP contribution in [0.3, 0.4) is 0 Å². The summed E-state index contributed by atoms with van der Waals surface area (Å²) in [7, 11) is 0. The fourth-order valence-corrected chi connectivity index (χ4v) is 5.03. The average molecular weight is 493 g/mol. The van der Waals surface area contributed by atoms with Crippen LogP contribution in [0.4, 0.5) is 0 Å². The third-order valence-corrected chi connectivity index (χ3v) is 7.10. The highest BCUT2D eigenvalue weighted by Gasteiger charge is 2.13. The van der Waals surface area contributed by atoms with Crippen molar-refractivity contribution in [3.05, 3.63) is 125 Å². The number of aromatic nitrogens is 3. The molecule has 5 nitrogen and oxygen atoms in total. The zero-order valence-corrected chi connectivity index (χ0v) is 21.3. The van der Waals surface area contributed by atoms with Crippen molar-refractivity contribution < 1.29 is 4.79 Å². The van der Waals surface area contributed by atoms with E-state index in [2.05, 4.69) is 65.1 Å². The Balaban J connectivity index is 1.26. The van der Waals surface area contributed by atoms with Crippen LogP contribution in [0.5, 0.6) is 0 Å². The minimum atomic E-state index is -0.0679. The van der Waals surface area contributed by atoms with Gasteiger partial charge in [0.2, 0.25) is 0 Å². The highest BCUT2D eigenvalue weighted by atomic mass is 32.2. The molecule has 0 aliphatic heterocycles. The molecule has 36 heavy (non-hydrogen) atoms. The molecule has 6 heteroatoms. The molecule has 1 N–H and O–H groups in total. The number of rotatable bonds is 8. The van der Waals surface area contributed by atoms with Gasteiger partial charge in [-0.15, -0.1) is 0 Å². The molecule has 0 unspecified atom stereocenters. The standard InChI is InChI=1S/C30H28N4OS/c1-21-8-10-23(11-9-21)19-34-28-27(7-4-16-31-28)33-30(34)36-20-24-12-14-26(15-13-24)29(35)32-18-25-6-3-5-22(2)17-25/h3-17H,18-20H2,1-2H3,(H,32,35). The van der Waals surface area contributed by atoms with Crippen molar-refractivity contribution in [3.8, 4) is 0 Å². The second-order valence-corrected chi connectivity index (χ2v) is 9.91. The van der Waals surface area contributed by atoms with E-state index in [-0.39, 0.29) is 5.91 Å². The predicted octanol–water partition coefficient (Wildman–Crippen LogP) is 6.32. The minimum absolute atomic E-state index is 0.0679. The Morgan fingerprint density at radius 3 is 2.42 bits per heavy atom. The summed E-state index contributed by atoms with van der Waals surface area (Å²) in [6, 6.07) is 28.5. The van der Waals surface area contributed by atoms with E-state index in [0.717, 1.165) is 39.7 Å². The molecule has 5 aromatic rings. The average Bonchev–Trinajstić information content (AvgIpc) is 3.25. The number of aryl methyl sites for hydroxylation is 2. The van der Waals surface area contributed by atoms with E-state index in [4.69, 9.17) is 4.98 Å². The maximum absolute atomic E-state index is 12.6. The molecule has 180 valence electrons. The van der Waals surface area contributed by atoms with Gasteiger partial charge in [0.1, 0.15) is 5.52 Å². The van der Waals surface area contributed by atoms with E-state index in [1.54, 1.807) is 11.8 Å². The first-order valence-corrected chi connectivity index (χ1v) is 13.0. The third kappa shape index (κ3) is 5.66. The number of thioether (sulfide) groups is 1. The smallest absolute Gasteiger partial charge is 0.251 e. The molecular formula is C30H28N4OS. The topological polar surface area (TPSA) is 59.8 Å². The molecule has 5 rings (SSSR count). The zero-order chi connectivity index (χ0) is 24.9. The van der Waals surface area contributed by atoms with Gasteiger partial charge in [-0.1, -0.05) is 83.6 Å². The van der Waals surface area contributed by atoms with Crippen molar-refractivity contribution in [2.24, 2.45) is 0 Å². The summed E-state index contributed by atoms with van der Waals surface area (Å²) in [5, 5.41) is 3.94. The lowest BCUT2D eigenvalue weighted by Gasteiger charge is -2.10. The molecule has 2 aromatic heterocycles. The van der Waals surface area contributed by atoms with Gasteiger partial charge in [0.15, 0.2) is 10.8 Å². The second-order valence-electron chi connectivity index (χ2n) is 8.97. The molecule has 0 saturated heterocycles. The van der Waals surface area contributed by atoms with Crippen LogP contribution >= 0.6 is 11.8 Å². The van der Waals surface area contributed by atoms with E-state index < -0.39 is 0 Å². The van der Waals surface area contributed by atoms with E-state index in [1.807, 2.05) is 54.7 Å². The molecule has 3 aromatic carbocycles. The second kappa shape index (κ2) is 10.8. The van der Waals surface area contributed by atoms with E-state index >= 15 is 0 Å². The van der Waals surface area contributed by atoms with Crippen molar-refractivity contribution in [1.29, 1.82) is 0 Å². The Kier molecular flexibility index (Phi) is 7.14. The van der Waals surface area contributed by atoms with Gasteiger partial charge in [0.05, 0.1) is 6.54 Å². The summed E-state index contributed by atoms with van der Waals surface area (Å²) in [5.41, 5.74) is 8.33. The van der Waals surface area contributed by atoms with Gasteiger partial charge in [0.25, 0.3) is 5.91 Å². The van der Waals surface area contributed by atoms with Crippen molar-refractivity contribution in [2.45, 2.75) is 37.8 Å². The largest absolute Gasteiger partial charge is 0.348 e. The van der Waals surface area contributed by atoms with Gasteiger partial charge < -0.3 is 5.32 Å². The van der Waals surface area contributed by atoms with E-state index in [1.165, 1.54) is 16.7 Å². The number of pyridine rings is 1. The first-order chi connectivity index (χ1) is 17.5. The van der Waals surface area contributed by atoms with Gasteiger partial charge in [-0.3, -0.25) is 9.36 Å². The Labute approximate surface area is 215 Å². The van der Waals surface area contributed by atoms with Crippen LogP contribution in [0.25, 0.3) is 11.2 Å².